The molecule has 0 aliphatic carbocycles. The molecule has 6 nitrogen and oxygen atoms in total. The van der Waals surface area contributed by atoms with Crippen molar-refractivity contribution in [1.82, 2.24) is 9.97 Å². The number of benzene rings is 2. The number of aromatic nitrogens is 2. The summed E-state index contributed by atoms with van der Waals surface area (Å²) in [5.74, 6) is 1.18. The van der Waals surface area contributed by atoms with Crippen LogP contribution < -0.4 is 15.4 Å². The predicted molar refractivity (Wildman–Crippen MR) is 126 cm³/mol. The zero-order valence-corrected chi connectivity index (χ0v) is 18.9. The van der Waals surface area contributed by atoms with Gasteiger partial charge in [0.25, 0.3) is 0 Å². The molecule has 3 rings (SSSR count). The summed E-state index contributed by atoms with van der Waals surface area (Å²) in [6, 6.07) is 12.8. The third-order valence-electron chi connectivity index (χ3n) is 4.54. The van der Waals surface area contributed by atoms with Crippen LogP contribution in [0.1, 0.15) is 31.0 Å². The molecule has 1 heterocycles. The lowest BCUT2D eigenvalue weighted by molar-refractivity contribution is -0.116. The summed E-state index contributed by atoms with van der Waals surface area (Å²) in [7, 11) is 0. The van der Waals surface area contributed by atoms with E-state index in [1.54, 1.807) is 18.2 Å². The van der Waals surface area contributed by atoms with E-state index in [0.29, 0.717) is 41.1 Å². The Morgan fingerprint density at radius 1 is 1.10 bits per heavy atom. The number of rotatable bonds is 9. The molecule has 0 saturated carbocycles. The molecule has 3 aromatic rings. The van der Waals surface area contributed by atoms with Crippen molar-refractivity contribution >= 4 is 46.3 Å². The highest BCUT2D eigenvalue weighted by Crippen LogP contribution is 2.28. The maximum absolute atomic E-state index is 12.5. The Morgan fingerprint density at radius 3 is 2.68 bits per heavy atom. The number of ether oxygens (including phenoxy) is 1. The van der Waals surface area contributed by atoms with Gasteiger partial charge in [-0.05, 0) is 55.7 Å². The molecule has 0 fully saturated rings. The smallest absolute Gasteiger partial charge is 0.224 e. The normalized spacial score (nSPS) is 10.6. The molecular formula is C23H24Cl2N4O2. The van der Waals surface area contributed by atoms with Gasteiger partial charge in [0.1, 0.15) is 17.9 Å². The van der Waals surface area contributed by atoms with Crippen molar-refractivity contribution in [2.75, 3.05) is 17.2 Å². The number of hydrogen-bond acceptors (Lipinski definition) is 5. The van der Waals surface area contributed by atoms with Crippen LogP contribution >= 0.6 is 23.2 Å². The first kappa shape index (κ1) is 22.8. The Bertz CT molecular complexity index is 1060. The first-order valence-corrected chi connectivity index (χ1v) is 10.8. The van der Waals surface area contributed by atoms with Gasteiger partial charge in [0.2, 0.25) is 5.91 Å². The SMILES string of the molecule is CCc1ccc(Nc2cc(C)ncn2)cc1NC(=O)CCCOc1ccc(Cl)cc1Cl. The second-order valence-electron chi connectivity index (χ2n) is 6.97. The van der Waals surface area contributed by atoms with E-state index in [1.807, 2.05) is 31.2 Å². The van der Waals surface area contributed by atoms with Crippen LogP contribution in [0, 0.1) is 6.92 Å². The minimum atomic E-state index is -0.0736. The van der Waals surface area contributed by atoms with Gasteiger partial charge < -0.3 is 15.4 Å². The quantitative estimate of drug-likeness (QED) is 0.373. The van der Waals surface area contributed by atoms with E-state index in [1.165, 1.54) is 6.33 Å². The number of carbonyl (C=O) groups excluding carboxylic acids is 1. The molecule has 0 radical (unpaired) electrons. The molecule has 0 saturated heterocycles. The van der Waals surface area contributed by atoms with Gasteiger partial charge in [-0.1, -0.05) is 36.2 Å². The average Bonchev–Trinajstić information content (AvgIpc) is 2.73. The van der Waals surface area contributed by atoms with Gasteiger partial charge in [0.15, 0.2) is 0 Å². The Hall–Kier alpha value is -2.83. The average molecular weight is 459 g/mol. The maximum atomic E-state index is 12.5. The summed E-state index contributed by atoms with van der Waals surface area (Å²) in [6.07, 6.45) is 3.21. The van der Waals surface area contributed by atoms with E-state index in [2.05, 4.69) is 27.5 Å². The number of amides is 1. The second kappa shape index (κ2) is 11.0. The van der Waals surface area contributed by atoms with Crippen LogP contribution in [-0.2, 0) is 11.2 Å². The van der Waals surface area contributed by atoms with E-state index in [-0.39, 0.29) is 5.91 Å². The van der Waals surface area contributed by atoms with Crippen LogP contribution in [-0.4, -0.2) is 22.5 Å². The zero-order chi connectivity index (χ0) is 22.2. The second-order valence-corrected chi connectivity index (χ2v) is 7.81. The fourth-order valence-electron chi connectivity index (χ4n) is 2.97. The largest absolute Gasteiger partial charge is 0.492 e. The van der Waals surface area contributed by atoms with Gasteiger partial charge in [0.05, 0.1) is 11.6 Å². The number of anilines is 3. The van der Waals surface area contributed by atoms with E-state index >= 15 is 0 Å². The summed E-state index contributed by atoms with van der Waals surface area (Å²) in [4.78, 5) is 20.8. The van der Waals surface area contributed by atoms with Crippen molar-refractivity contribution < 1.29 is 9.53 Å². The number of nitrogens with one attached hydrogen (secondary N) is 2. The van der Waals surface area contributed by atoms with Crippen molar-refractivity contribution in [2.45, 2.75) is 33.1 Å². The van der Waals surface area contributed by atoms with Crippen molar-refractivity contribution in [2.24, 2.45) is 0 Å². The fourth-order valence-corrected chi connectivity index (χ4v) is 3.43. The topological polar surface area (TPSA) is 76.1 Å². The third-order valence-corrected chi connectivity index (χ3v) is 5.07. The Kier molecular flexibility index (Phi) is 8.09. The number of aryl methyl sites for hydroxylation is 2. The Morgan fingerprint density at radius 2 is 1.94 bits per heavy atom. The summed E-state index contributed by atoms with van der Waals surface area (Å²) in [6.45, 7) is 4.34. The first-order valence-electron chi connectivity index (χ1n) is 10.0. The summed E-state index contributed by atoms with van der Waals surface area (Å²) >= 11 is 12.0. The molecule has 1 aromatic heterocycles. The third kappa shape index (κ3) is 6.84. The predicted octanol–water partition coefficient (Wildman–Crippen LogP) is 6.20. The molecule has 0 spiro atoms. The molecule has 1 amide bonds. The highest BCUT2D eigenvalue weighted by Gasteiger charge is 2.09. The highest BCUT2D eigenvalue weighted by atomic mass is 35.5. The van der Waals surface area contributed by atoms with E-state index in [9.17, 15) is 4.79 Å². The lowest BCUT2D eigenvalue weighted by Crippen LogP contribution is -2.14. The number of halogens is 2. The molecule has 8 heteroatoms. The van der Waals surface area contributed by atoms with Crippen LogP contribution in [0.3, 0.4) is 0 Å². The van der Waals surface area contributed by atoms with Gasteiger partial charge >= 0.3 is 0 Å². The molecule has 2 aromatic carbocycles. The number of hydrogen-bond donors (Lipinski definition) is 2. The van der Waals surface area contributed by atoms with Crippen molar-refractivity contribution in [3.05, 3.63) is 70.1 Å². The van der Waals surface area contributed by atoms with Crippen LogP contribution in [0.25, 0.3) is 0 Å². The monoisotopic (exact) mass is 458 g/mol. The van der Waals surface area contributed by atoms with E-state index in [4.69, 9.17) is 27.9 Å². The first-order chi connectivity index (χ1) is 14.9. The van der Waals surface area contributed by atoms with Crippen LogP contribution in [0.2, 0.25) is 10.0 Å². The summed E-state index contributed by atoms with van der Waals surface area (Å²) in [5.41, 5.74) is 3.55. The molecule has 31 heavy (non-hydrogen) atoms. The van der Waals surface area contributed by atoms with Crippen LogP contribution in [0.5, 0.6) is 5.75 Å². The van der Waals surface area contributed by atoms with Gasteiger partial charge in [-0.25, -0.2) is 9.97 Å². The fraction of sp³-hybridized carbons (Fsp3) is 0.261. The zero-order valence-electron chi connectivity index (χ0n) is 17.4. The highest BCUT2D eigenvalue weighted by molar-refractivity contribution is 6.35. The lowest BCUT2D eigenvalue weighted by Gasteiger charge is -2.13. The van der Waals surface area contributed by atoms with Crippen LogP contribution in [0.15, 0.2) is 48.8 Å². The molecule has 0 bridgehead atoms. The number of carbonyl (C=O) groups is 1. The van der Waals surface area contributed by atoms with Crippen LogP contribution in [0.4, 0.5) is 17.2 Å². The minimum absolute atomic E-state index is 0.0736. The molecule has 162 valence electrons. The van der Waals surface area contributed by atoms with Gasteiger partial charge in [-0.3, -0.25) is 4.79 Å². The molecule has 0 aliphatic rings. The Balaban J connectivity index is 1.55. The van der Waals surface area contributed by atoms with Crippen molar-refractivity contribution in [3.63, 3.8) is 0 Å². The maximum Gasteiger partial charge on any atom is 0.224 e. The molecule has 2 N–H and O–H groups in total. The van der Waals surface area contributed by atoms with E-state index < -0.39 is 0 Å². The molecule has 0 atom stereocenters. The number of nitrogens with zero attached hydrogens (tertiary/aromatic N) is 2. The van der Waals surface area contributed by atoms with E-state index in [0.717, 1.165) is 29.1 Å². The molecule has 0 aliphatic heterocycles. The van der Waals surface area contributed by atoms with Gasteiger partial charge in [0, 0.05) is 34.6 Å². The standard InChI is InChI=1S/C23H24Cl2N4O2/c1-3-16-6-8-18(28-22-11-15(2)26-14-27-22)13-20(16)29-23(30)5-4-10-31-21-9-7-17(24)12-19(21)25/h6-9,11-14H,3-5,10H2,1-2H3,(H,29,30)(H,26,27,28). The molecular weight excluding hydrogens is 435 g/mol. The summed E-state index contributed by atoms with van der Waals surface area (Å²) in [5, 5.41) is 7.25. The minimum Gasteiger partial charge on any atom is -0.492 e. The summed E-state index contributed by atoms with van der Waals surface area (Å²) < 4.78 is 5.64. The molecule has 0 unspecified atom stereocenters. The van der Waals surface area contributed by atoms with Crippen molar-refractivity contribution in [3.8, 4) is 5.75 Å². The van der Waals surface area contributed by atoms with Gasteiger partial charge in [-0.15, -0.1) is 0 Å². The lowest BCUT2D eigenvalue weighted by atomic mass is 10.1. The Labute approximate surface area is 192 Å². The van der Waals surface area contributed by atoms with Crippen molar-refractivity contribution in [1.29, 1.82) is 0 Å². The van der Waals surface area contributed by atoms with Gasteiger partial charge in [-0.2, -0.15) is 0 Å².